The molecular weight excluding hydrogens is 199 g/mol. The Labute approximate surface area is 95.9 Å². The Balaban J connectivity index is 2.33. The molecule has 1 atom stereocenters. The van der Waals surface area contributed by atoms with Crippen LogP contribution < -0.4 is 5.30 Å². The van der Waals surface area contributed by atoms with Crippen LogP contribution in [0.25, 0.3) is 0 Å². The second-order valence-electron chi connectivity index (χ2n) is 4.32. The molecule has 0 aromatic heterocycles. The fraction of sp³-hybridized carbons (Fsp3) is 0.571. The molecule has 0 N–H and O–H groups in total. The highest BCUT2D eigenvalue weighted by atomic mass is 31.1. The number of rotatable bonds is 6. The molecule has 0 spiro atoms. The molecule has 0 heterocycles. The number of hydrogen-bond donors (Lipinski definition) is 0. The number of hydrogen-bond acceptors (Lipinski definition) is 0. The molecule has 0 saturated heterocycles. The molecule has 0 aliphatic carbocycles. The molecule has 0 radical (unpaired) electrons. The van der Waals surface area contributed by atoms with Crippen molar-refractivity contribution >= 4 is 13.2 Å². The fourth-order valence-corrected chi connectivity index (χ4v) is 3.32. The van der Waals surface area contributed by atoms with Gasteiger partial charge in [-0.25, -0.2) is 0 Å². The summed E-state index contributed by atoms with van der Waals surface area (Å²) >= 11 is 0. The van der Waals surface area contributed by atoms with Crippen molar-refractivity contribution in [3.63, 3.8) is 0 Å². The van der Waals surface area contributed by atoms with Crippen LogP contribution in [-0.2, 0) is 0 Å². The lowest BCUT2D eigenvalue weighted by Gasteiger charge is -2.12. The van der Waals surface area contributed by atoms with Crippen LogP contribution in [0.5, 0.6) is 0 Å². The molecular formula is C14H23P. The van der Waals surface area contributed by atoms with Crippen LogP contribution in [0.4, 0.5) is 0 Å². The Kier molecular flexibility index (Phi) is 5.95. The monoisotopic (exact) mass is 222 g/mol. The zero-order chi connectivity index (χ0) is 11.1. The summed E-state index contributed by atoms with van der Waals surface area (Å²) in [6.07, 6.45) is 6.96. The van der Waals surface area contributed by atoms with Gasteiger partial charge >= 0.3 is 0 Å². The highest BCUT2D eigenvalue weighted by Gasteiger charge is 2.03. The average molecular weight is 222 g/mol. The molecule has 1 unspecified atom stereocenters. The van der Waals surface area contributed by atoms with E-state index < -0.39 is 0 Å². The second kappa shape index (κ2) is 7.01. The molecule has 84 valence electrons. The third-order valence-corrected chi connectivity index (χ3v) is 4.99. The lowest BCUT2D eigenvalue weighted by atomic mass is 10.2. The Bertz CT molecular complexity index is 263. The van der Waals surface area contributed by atoms with Gasteiger partial charge < -0.3 is 0 Å². The van der Waals surface area contributed by atoms with Crippen molar-refractivity contribution in [2.24, 2.45) is 0 Å². The van der Waals surface area contributed by atoms with E-state index in [-0.39, 0.29) is 7.92 Å². The molecule has 1 heteroatoms. The van der Waals surface area contributed by atoms with Crippen molar-refractivity contribution in [3.05, 3.63) is 29.8 Å². The average Bonchev–Trinajstić information content (AvgIpc) is 2.25. The van der Waals surface area contributed by atoms with Gasteiger partial charge in [-0.2, -0.15) is 0 Å². The topological polar surface area (TPSA) is 0 Å². The van der Waals surface area contributed by atoms with Crippen molar-refractivity contribution in [1.29, 1.82) is 0 Å². The lowest BCUT2D eigenvalue weighted by Crippen LogP contribution is -2.02. The molecule has 0 amide bonds. The maximum absolute atomic E-state index is 2.41. The molecule has 1 aromatic rings. The maximum Gasteiger partial charge on any atom is -0.0243 e. The van der Waals surface area contributed by atoms with Crippen molar-refractivity contribution < 1.29 is 0 Å². The van der Waals surface area contributed by atoms with Crippen LogP contribution in [0.1, 0.15) is 38.2 Å². The van der Waals surface area contributed by atoms with Crippen molar-refractivity contribution in [1.82, 2.24) is 0 Å². The van der Waals surface area contributed by atoms with Gasteiger partial charge in [-0.3, -0.25) is 0 Å². The minimum absolute atomic E-state index is 0.0953. The summed E-state index contributed by atoms with van der Waals surface area (Å²) < 4.78 is 0. The first-order chi connectivity index (χ1) is 7.24. The molecule has 0 fully saturated rings. The minimum atomic E-state index is 0.0953. The molecule has 0 aliphatic rings. The standard InChI is InChI=1S/C14H23P/c1-4-5-6-7-12-15(3)14-10-8-13(2)9-11-14/h8-11H,4-7,12H2,1-3H3. The highest BCUT2D eigenvalue weighted by molar-refractivity contribution is 7.64. The van der Waals surface area contributed by atoms with Crippen LogP contribution in [0.2, 0.25) is 0 Å². The molecule has 0 aliphatic heterocycles. The number of unbranched alkanes of at least 4 members (excludes halogenated alkanes) is 3. The molecule has 0 saturated carbocycles. The SMILES string of the molecule is CCCCCCP(C)c1ccc(C)cc1. The van der Waals surface area contributed by atoms with Gasteiger partial charge in [0.2, 0.25) is 0 Å². The Morgan fingerprint density at radius 3 is 2.27 bits per heavy atom. The fourth-order valence-electron chi connectivity index (χ4n) is 1.70. The van der Waals surface area contributed by atoms with E-state index in [4.69, 9.17) is 0 Å². The Morgan fingerprint density at radius 1 is 1.00 bits per heavy atom. The number of benzene rings is 1. The third-order valence-electron chi connectivity index (χ3n) is 2.82. The van der Waals surface area contributed by atoms with Crippen LogP contribution in [0.15, 0.2) is 24.3 Å². The van der Waals surface area contributed by atoms with E-state index in [0.29, 0.717) is 0 Å². The van der Waals surface area contributed by atoms with E-state index >= 15 is 0 Å². The summed E-state index contributed by atoms with van der Waals surface area (Å²) in [6, 6.07) is 9.09. The number of aryl methyl sites for hydroxylation is 1. The first-order valence-corrected chi connectivity index (χ1v) is 7.99. The smallest absolute Gasteiger partial charge is 0.0243 e. The van der Waals surface area contributed by atoms with Crippen LogP contribution >= 0.6 is 7.92 Å². The van der Waals surface area contributed by atoms with E-state index in [0.717, 1.165) is 0 Å². The lowest BCUT2D eigenvalue weighted by molar-refractivity contribution is 0.705. The van der Waals surface area contributed by atoms with Crippen molar-refractivity contribution in [3.8, 4) is 0 Å². The van der Waals surface area contributed by atoms with Gasteiger partial charge in [-0.05, 0) is 31.5 Å². The van der Waals surface area contributed by atoms with Crippen molar-refractivity contribution in [2.45, 2.75) is 39.5 Å². The zero-order valence-corrected chi connectivity index (χ0v) is 11.2. The molecule has 1 aromatic carbocycles. The van der Waals surface area contributed by atoms with Crippen LogP contribution in [0.3, 0.4) is 0 Å². The third kappa shape index (κ3) is 4.80. The van der Waals surface area contributed by atoms with E-state index in [1.54, 1.807) is 5.30 Å². The summed E-state index contributed by atoms with van der Waals surface area (Å²) in [7, 11) is 0.0953. The summed E-state index contributed by atoms with van der Waals surface area (Å²) in [6.45, 7) is 6.84. The Hall–Kier alpha value is -0.350. The maximum atomic E-state index is 2.41. The normalized spacial score (nSPS) is 12.7. The minimum Gasteiger partial charge on any atom is -0.0785 e. The van der Waals surface area contributed by atoms with Gasteiger partial charge in [-0.15, -0.1) is 0 Å². The molecule has 0 nitrogen and oxygen atoms in total. The van der Waals surface area contributed by atoms with E-state index in [1.807, 2.05) is 0 Å². The molecule has 1 rings (SSSR count). The van der Waals surface area contributed by atoms with Crippen LogP contribution in [-0.4, -0.2) is 12.8 Å². The summed E-state index contributed by atoms with van der Waals surface area (Å²) in [5.74, 6) is 0. The predicted octanol–water partition coefficient (Wildman–Crippen LogP) is 4.31. The quantitative estimate of drug-likeness (QED) is 0.497. The Morgan fingerprint density at radius 2 is 1.67 bits per heavy atom. The van der Waals surface area contributed by atoms with Gasteiger partial charge in [0.1, 0.15) is 0 Å². The largest absolute Gasteiger partial charge is 0.0785 e. The van der Waals surface area contributed by atoms with E-state index in [9.17, 15) is 0 Å². The van der Waals surface area contributed by atoms with Gasteiger partial charge in [0.25, 0.3) is 0 Å². The zero-order valence-electron chi connectivity index (χ0n) is 10.3. The van der Waals surface area contributed by atoms with Gasteiger partial charge in [0, 0.05) is 0 Å². The summed E-state index contributed by atoms with van der Waals surface area (Å²) in [5.41, 5.74) is 1.37. The first-order valence-electron chi connectivity index (χ1n) is 6.02. The van der Waals surface area contributed by atoms with Gasteiger partial charge in [0.15, 0.2) is 0 Å². The van der Waals surface area contributed by atoms with Gasteiger partial charge in [-0.1, -0.05) is 63.9 Å². The van der Waals surface area contributed by atoms with Crippen LogP contribution in [0, 0.1) is 6.92 Å². The molecule has 15 heavy (non-hydrogen) atoms. The van der Waals surface area contributed by atoms with E-state index in [1.165, 1.54) is 37.4 Å². The summed E-state index contributed by atoms with van der Waals surface area (Å²) in [4.78, 5) is 0. The summed E-state index contributed by atoms with van der Waals surface area (Å²) in [5, 5.41) is 1.56. The highest BCUT2D eigenvalue weighted by Crippen LogP contribution is 2.30. The second-order valence-corrected chi connectivity index (χ2v) is 6.68. The molecule has 0 bridgehead atoms. The van der Waals surface area contributed by atoms with Crippen molar-refractivity contribution in [2.75, 3.05) is 12.8 Å². The van der Waals surface area contributed by atoms with E-state index in [2.05, 4.69) is 44.8 Å². The first kappa shape index (κ1) is 12.7. The predicted molar refractivity (Wildman–Crippen MR) is 72.7 cm³/mol. The van der Waals surface area contributed by atoms with Gasteiger partial charge in [0.05, 0.1) is 0 Å².